The Kier molecular flexibility index (Phi) is 4.60. The highest BCUT2D eigenvalue weighted by molar-refractivity contribution is 7.89. The van der Waals surface area contributed by atoms with E-state index in [0.29, 0.717) is 12.3 Å². The molecule has 0 saturated heterocycles. The van der Waals surface area contributed by atoms with Crippen LogP contribution in [-0.2, 0) is 23.1 Å². The summed E-state index contributed by atoms with van der Waals surface area (Å²) in [5, 5.41) is 3.97. The summed E-state index contributed by atoms with van der Waals surface area (Å²) in [7, 11) is -2.18. The molecule has 3 rings (SSSR count). The van der Waals surface area contributed by atoms with Crippen LogP contribution in [0.3, 0.4) is 0 Å². The summed E-state index contributed by atoms with van der Waals surface area (Å²) in [6, 6.07) is 8.43. The smallest absolute Gasteiger partial charge is 0.291 e. The average molecular weight is 362 g/mol. The third-order valence-electron chi connectivity index (χ3n) is 3.83. The number of hydrogen-bond acceptors (Lipinski definition) is 5. The van der Waals surface area contributed by atoms with Crippen molar-refractivity contribution in [1.82, 2.24) is 18.9 Å². The number of nitrogens with zero attached hydrogens (tertiary/aromatic N) is 3. The van der Waals surface area contributed by atoms with Crippen LogP contribution < -0.4 is 15.0 Å². The van der Waals surface area contributed by atoms with E-state index in [4.69, 9.17) is 4.74 Å². The number of benzene rings is 1. The van der Waals surface area contributed by atoms with Crippen molar-refractivity contribution in [3.8, 4) is 5.75 Å². The fraction of sp³-hybridized carbons (Fsp3) is 0.250. The van der Waals surface area contributed by atoms with Crippen LogP contribution in [0.1, 0.15) is 12.5 Å². The zero-order valence-corrected chi connectivity index (χ0v) is 14.7. The summed E-state index contributed by atoms with van der Waals surface area (Å²) in [5.74, 6) is 0.699. The predicted octanol–water partition coefficient (Wildman–Crippen LogP) is 1.00. The lowest BCUT2D eigenvalue weighted by Crippen LogP contribution is -2.23. The molecule has 132 valence electrons. The Hall–Kier alpha value is -2.65. The second-order valence-corrected chi connectivity index (χ2v) is 7.16. The molecule has 0 aliphatic rings. The number of aromatic nitrogens is 3. The van der Waals surface area contributed by atoms with Crippen LogP contribution in [0.5, 0.6) is 5.75 Å². The van der Waals surface area contributed by atoms with E-state index in [1.807, 2.05) is 0 Å². The molecule has 0 amide bonds. The first-order valence-corrected chi connectivity index (χ1v) is 9.13. The van der Waals surface area contributed by atoms with Gasteiger partial charge in [0.1, 0.15) is 22.5 Å². The maximum atomic E-state index is 12.5. The quantitative estimate of drug-likeness (QED) is 0.706. The monoisotopic (exact) mass is 362 g/mol. The molecule has 2 heterocycles. The molecule has 0 spiro atoms. The number of hydrogen-bond donors (Lipinski definition) is 1. The first-order valence-electron chi connectivity index (χ1n) is 7.65. The molecule has 1 aromatic carbocycles. The number of fused-ring (bicyclic) bond motifs is 1. The second-order valence-electron chi connectivity index (χ2n) is 5.39. The van der Waals surface area contributed by atoms with Gasteiger partial charge in [0, 0.05) is 19.3 Å². The average Bonchev–Trinajstić information content (AvgIpc) is 3.07. The molecule has 3 aromatic rings. The Bertz CT molecular complexity index is 1050. The van der Waals surface area contributed by atoms with E-state index < -0.39 is 10.0 Å². The van der Waals surface area contributed by atoms with E-state index in [1.165, 1.54) is 27.7 Å². The molecular weight excluding hydrogens is 344 g/mol. The normalized spacial score (nSPS) is 11.8. The van der Waals surface area contributed by atoms with E-state index in [-0.39, 0.29) is 22.5 Å². The number of methoxy groups -OCH3 is 1. The van der Waals surface area contributed by atoms with Crippen molar-refractivity contribution < 1.29 is 13.2 Å². The number of ether oxygens (including phenoxy) is 1. The molecule has 0 bridgehead atoms. The van der Waals surface area contributed by atoms with Crippen molar-refractivity contribution in [3.63, 3.8) is 0 Å². The Morgan fingerprint density at radius 2 is 1.96 bits per heavy atom. The predicted molar refractivity (Wildman–Crippen MR) is 92.1 cm³/mol. The Morgan fingerprint density at radius 3 is 2.60 bits per heavy atom. The summed E-state index contributed by atoms with van der Waals surface area (Å²) in [4.78, 5) is 12.2. The van der Waals surface area contributed by atoms with Gasteiger partial charge in [-0.15, -0.1) is 0 Å². The van der Waals surface area contributed by atoms with Crippen molar-refractivity contribution in [2.24, 2.45) is 0 Å². The van der Waals surface area contributed by atoms with Gasteiger partial charge in [-0.25, -0.2) is 17.8 Å². The second kappa shape index (κ2) is 6.69. The molecule has 25 heavy (non-hydrogen) atoms. The van der Waals surface area contributed by atoms with Crippen molar-refractivity contribution in [1.29, 1.82) is 0 Å². The van der Waals surface area contributed by atoms with Crippen molar-refractivity contribution in [2.45, 2.75) is 24.9 Å². The molecular formula is C16H18N4O4S. The minimum absolute atomic E-state index is 0.0220. The van der Waals surface area contributed by atoms with Gasteiger partial charge in [0.2, 0.25) is 10.0 Å². The largest absolute Gasteiger partial charge is 0.497 e. The molecule has 0 aliphatic heterocycles. The van der Waals surface area contributed by atoms with Gasteiger partial charge in [-0.05, 0) is 30.7 Å². The highest BCUT2D eigenvalue weighted by Crippen LogP contribution is 2.14. The van der Waals surface area contributed by atoms with Crippen LogP contribution in [0.25, 0.3) is 5.52 Å². The highest BCUT2D eigenvalue weighted by Gasteiger charge is 2.18. The van der Waals surface area contributed by atoms with Crippen LogP contribution in [0.4, 0.5) is 0 Å². The van der Waals surface area contributed by atoms with Crippen molar-refractivity contribution >= 4 is 15.5 Å². The van der Waals surface area contributed by atoms with Gasteiger partial charge >= 0.3 is 0 Å². The van der Waals surface area contributed by atoms with E-state index in [2.05, 4.69) is 9.82 Å². The van der Waals surface area contributed by atoms with E-state index >= 15 is 0 Å². The zero-order chi connectivity index (χ0) is 18.0. The minimum atomic E-state index is -3.75. The topological polar surface area (TPSA) is 94.7 Å². The zero-order valence-electron chi connectivity index (χ0n) is 13.8. The summed E-state index contributed by atoms with van der Waals surface area (Å²) < 4.78 is 35.3. The van der Waals surface area contributed by atoms with Crippen molar-refractivity contribution in [2.75, 3.05) is 7.11 Å². The maximum Gasteiger partial charge on any atom is 0.291 e. The fourth-order valence-electron chi connectivity index (χ4n) is 2.40. The van der Waals surface area contributed by atoms with Gasteiger partial charge in [-0.2, -0.15) is 5.10 Å². The molecule has 0 atom stereocenters. The number of aryl methyl sites for hydroxylation is 1. The van der Waals surface area contributed by atoms with Crippen LogP contribution >= 0.6 is 0 Å². The summed E-state index contributed by atoms with van der Waals surface area (Å²) >= 11 is 0. The summed E-state index contributed by atoms with van der Waals surface area (Å²) in [6.45, 7) is 2.34. The molecule has 0 fully saturated rings. The van der Waals surface area contributed by atoms with Crippen LogP contribution in [0, 0.1) is 0 Å². The standard InChI is InChI=1S/C16H18N4O4S/c1-3-20-16(21)15-8-14(10-19(15)11-17-20)25(22,23)18-9-12-4-6-13(24-2)7-5-12/h4-8,10-11,18H,3,9H2,1-2H3. The van der Waals surface area contributed by atoms with Crippen molar-refractivity contribution in [3.05, 3.63) is 58.8 Å². The van der Waals surface area contributed by atoms with Crippen LogP contribution in [0.15, 0.2) is 52.5 Å². The van der Waals surface area contributed by atoms with Crippen LogP contribution in [0.2, 0.25) is 0 Å². The Labute approximate surface area is 144 Å². The lowest BCUT2D eigenvalue weighted by Gasteiger charge is -2.06. The summed E-state index contributed by atoms with van der Waals surface area (Å²) in [6.07, 6.45) is 2.79. The number of rotatable bonds is 6. The SMILES string of the molecule is CCn1ncn2cc(S(=O)(=O)NCc3ccc(OC)cc3)cc2c1=O. The fourth-order valence-corrected chi connectivity index (χ4v) is 3.44. The molecule has 2 aromatic heterocycles. The molecule has 8 nitrogen and oxygen atoms in total. The van der Waals surface area contributed by atoms with Gasteiger partial charge in [0.25, 0.3) is 5.56 Å². The minimum Gasteiger partial charge on any atom is -0.497 e. The third-order valence-corrected chi connectivity index (χ3v) is 5.20. The first-order chi connectivity index (χ1) is 11.9. The van der Waals surface area contributed by atoms with Gasteiger partial charge in [0.15, 0.2) is 0 Å². The number of nitrogens with one attached hydrogen (secondary N) is 1. The van der Waals surface area contributed by atoms with Gasteiger partial charge < -0.3 is 4.74 Å². The Balaban J connectivity index is 1.85. The summed E-state index contributed by atoms with van der Waals surface area (Å²) in [5.41, 5.74) is 0.728. The molecule has 9 heteroatoms. The maximum absolute atomic E-state index is 12.5. The van der Waals surface area contributed by atoms with E-state index in [9.17, 15) is 13.2 Å². The lowest BCUT2D eigenvalue weighted by molar-refractivity contribution is 0.414. The molecule has 0 radical (unpaired) electrons. The number of sulfonamides is 1. The first kappa shape index (κ1) is 17.2. The highest BCUT2D eigenvalue weighted by atomic mass is 32.2. The van der Waals surface area contributed by atoms with E-state index in [0.717, 1.165) is 5.56 Å². The van der Waals surface area contributed by atoms with E-state index in [1.54, 1.807) is 38.3 Å². The molecule has 1 N–H and O–H groups in total. The molecule has 0 unspecified atom stereocenters. The van der Waals surface area contributed by atoms with Gasteiger partial charge in [-0.3, -0.25) is 9.20 Å². The molecule has 0 saturated carbocycles. The lowest BCUT2D eigenvalue weighted by atomic mass is 10.2. The van der Waals surface area contributed by atoms with Gasteiger partial charge in [-0.1, -0.05) is 12.1 Å². The van der Waals surface area contributed by atoms with Gasteiger partial charge in [0.05, 0.1) is 7.11 Å². The Morgan fingerprint density at radius 1 is 1.24 bits per heavy atom. The van der Waals surface area contributed by atoms with Crippen LogP contribution in [-0.4, -0.2) is 29.7 Å². The third kappa shape index (κ3) is 3.42. The molecule has 0 aliphatic carbocycles.